The third-order valence-corrected chi connectivity index (χ3v) is 7.96. The average molecular weight is 484 g/mol. The van der Waals surface area contributed by atoms with E-state index in [4.69, 9.17) is 14.7 Å². The van der Waals surface area contributed by atoms with Crippen molar-refractivity contribution in [3.05, 3.63) is 24.0 Å². The molecule has 0 aromatic carbocycles. The monoisotopic (exact) mass is 483 g/mol. The number of rotatable bonds is 9. The summed E-state index contributed by atoms with van der Waals surface area (Å²) in [5, 5.41) is 8.15. The predicted octanol–water partition coefficient (Wildman–Crippen LogP) is 5.19. The number of fused-ring (bicyclic) bond motifs is 1. The maximum atomic E-state index is 5.27. The van der Waals surface area contributed by atoms with Gasteiger partial charge in [-0.25, -0.2) is 4.98 Å². The quantitative estimate of drug-likeness (QED) is 0.406. The zero-order valence-corrected chi connectivity index (χ0v) is 21.2. The van der Waals surface area contributed by atoms with Crippen LogP contribution in [0.4, 0.5) is 16.8 Å². The highest BCUT2D eigenvalue weighted by Gasteiger charge is 2.27. The first-order chi connectivity index (χ1) is 16.7. The van der Waals surface area contributed by atoms with E-state index in [1.165, 1.54) is 69.6 Å². The summed E-state index contributed by atoms with van der Waals surface area (Å²) in [5.74, 6) is 1.55. The normalized spacial score (nSPS) is 21.7. The lowest BCUT2D eigenvalue weighted by Gasteiger charge is -2.39. The van der Waals surface area contributed by atoms with Crippen molar-refractivity contribution in [3.63, 3.8) is 0 Å². The number of ether oxygens (including phenoxy) is 1. The predicted molar refractivity (Wildman–Crippen MR) is 139 cm³/mol. The standard InChI is InChI=1S/C25H37N7OS/c1-18-17-22(34-30-18)28-25-27-21-11-15-32(14-6-16-33-2)23(21)24(29-25)26-19-7-9-20(10-8-19)31-12-4-3-5-13-31/h11,15,17,19-20H,3-10,12-14,16H2,1-2H3,(H2,26,27,28,29). The topological polar surface area (TPSA) is 80.1 Å². The molecule has 34 heavy (non-hydrogen) atoms. The second-order valence-electron chi connectivity index (χ2n) is 9.69. The number of nitrogens with zero attached hydrogens (tertiary/aromatic N) is 5. The lowest BCUT2D eigenvalue weighted by molar-refractivity contribution is 0.127. The number of anilines is 3. The molecule has 0 bridgehead atoms. The molecule has 1 saturated carbocycles. The summed E-state index contributed by atoms with van der Waals surface area (Å²) in [7, 11) is 1.75. The van der Waals surface area contributed by atoms with Crippen LogP contribution in [0.5, 0.6) is 0 Å². The first-order valence-corrected chi connectivity index (χ1v) is 13.5. The molecule has 1 saturated heterocycles. The molecule has 4 heterocycles. The number of aryl methyl sites for hydroxylation is 2. The van der Waals surface area contributed by atoms with Crippen molar-refractivity contribution in [3.8, 4) is 0 Å². The molecule has 0 amide bonds. The molecule has 0 spiro atoms. The zero-order valence-electron chi connectivity index (χ0n) is 20.4. The Morgan fingerprint density at radius 3 is 2.68 bits per heavy atom. The average Bonchev–Trinajstić information content (AvgIpc) is 3.46. The minimum Gasteiger partial charge on any atom is -0.385 e. The Balaban J connectivity index is 1.34. The SMILES string of the molecule is COCCCn1ccc2nc(Nc3cc(C)ns3)nc(NC3CCC(N4CCCCC4)CC3)c21. The van der Waals surface area contributed by atoms with Gasteiger partial charge in [-0.1, -0.05) is 6.42 Å². The molecule has 2 aliphatic rings. The van der Waals surface area contributed by atoms with Crippen LogP contribution in [0.3, 0.4) is 0 Å². The number of piperidine rings is 1. The van der Waals surface area contributed by atoms with Gasteiger partial charge in [0, 0.05) is 38.5 Å². The minimum atomic E-state index is 0.444. The lowest BCUT2D eigenvalue weighted by atomic mass is 9.89. The Labute approximate surface area is 206 Å². The fourth-order valence-corrected chi connectivity index (χ4v) is 6.08. The van der Waals surface area contributed by atoms with E-state index in [9.17, 15) is 0 Å². The van der Waals surface area contributed by atoms with Gasteiger partial charge in [0.15, 0.2) is 5.82 Å². The van der Waals surface area contributed by atoms with Crippen LogP contribution in [0.25, 0.3) is 11.0 Å². The number of likely N-dealkylation sites (tertiary alicyclic amines) is 1. The molecule has 0 radical (unpaired) electrons. The molecule has 0 unspecified atom stereocenters. The zero-order chi connectivity index (χ0) is 23.3. The Morgan fingerprint density at radius 1 is 1.12 bits per heavy atom. The number of hydrogen-bond donors (Lipinski definition) is 2. The highest BCUT2D eigenvalue weighted by molar-refractivity contribution is 7.10. The Kier molecular flexibility index (Phi) is 7.61. The minimum absolute atomic E-state index is 0.444. The van der Waals surface area contributed by atoms with Gasteiger partial charge in [0.2, 0.25) is 5.95 Å². The van der Waals surface area contributed by atoms with Crippen LogP contribution < -0.4 is 10.6 Å². The van der Waals surface area contributed by atoms with E-state index in [1.54, 1.807) is 7.11 Å². The van der Waals surface area contributed by atoms with Gasteiger partial charge in [0.05, 0.1) is 11.2 Å². The van der Waals surface area contributed by atoms with E-state index in [0.29, 0.717) is 12.0 Å². The van der Waals surface area contributed by atoms with Crippen molar-refractivity contribution >= 4 is 39.3 Å². The molecule has 3 aromatic heterocycles. The van der Waals surface area contributed by atoms with E-state index in [-0.39, 0.29) is 0 Å². The third kappa shape index (κ3) is 5.53. The first kappa shape index (κ1) is 23.5. The van der Waals surface area contributed by atoms with Crippen molar-refractivity contribution in [2.45, 2.75) is 76.9 Å². The second kappa shape index (κ2) is 11.0. The molecule has 8 nitrogen and oxygen atoms in total. The summed E-state index contributed by atoms with van der Waals surface area (Å²) in [6.45, 7) is 6.21. The molecular weight excluding hydrogens is 446 g/mol. The van der Waals surface area contributed by atoms with Crippen LogP contribution in [0.15, 0.2) is 18.3 Å². The van der Waals surface area contributed by atoms with Crippen LogP contribution in [0, 0.1) is 6.92 Å². The third-order valence-electron chi connectivity index (χ3n) is 7.17. The highest BCUT2D eigenvalue weighted by Crippen LogP contribution is 2.31. The van der Waals surface area contributed by atoms with Crippen molar-refractivity contribution in [1.29, 1.82) is 0 Å². The number of aromatic nitrogens is 4. The molecule has 184 valence electrons. The van der Waals surface area contributed by atoms with Crippen LogP contribution in [-0.2, 0) is 11.3 Å². The molecule has 0 atom stereocenters. The van der Waals surface area contributed by atoms with Crippen molar-refractivity contribution in [2.75, 3.05) is 37.4 Å². The van der Waals surface area contributed by atoms with Gasteiger partial charge in [-0.05, 0) is 88.6 Å². The Hall–Kier alpha value is -2.23. The molecule has 9 heteroatoms. The fraction of sp³-hybridized carbons (Fsp3) is 0.640. The molecule has 3 aromatic rings. The van der Waals surface area contributed by atoms with Gasteiger partial charge in [-0.3, -0.25) is 0 Å². The molecule has 1 aliphatic heterocycles. The Morgan fingerprint density at radius 2 is 1.94 bits per heavy atom. The van der Waals surface area contributed by atoms with Crippen molar-refractivity contribution < 1.29 is 4.74 Å². The molecule has 1 aliphatic carbocycles. The number of methoxy groups -OCH3 is 1. The number of hydrogen-bond acceptors (Lipinski definition) is 8. The summed E-state index contributed by atoms with van der Waals surface area (Å²) in [6, 6.07) is 5.32. The van der Waals surface area contributed by atoms with E-state index in [0.717, 1.165) is 53.2 Å². The maximum Gasteiger partial charge on any atom is 0.230 e. The molecular formula is C25H37N7OS. The maximum absolute atomic E-state index is 5.27. The van der Waals surface area contributed by atoms with Crippen molar-refractivity contribution in [2.24, 2.45) is 0 Å². The fourth-order valence-electron chi connectivity index (χ4n) is 5.42. The van der Waals surface area contributed by atoms with Crippen LogP contribution in [-0.4, -0.2) is 62.7 Å². The highest BCUT2D eigenvalue weighted by atomic mass is 32.1. The summed E-state index contributed by atoms with van der Waals surface area (Å²) >= 11 is 1.44. The van der Waals surface area contributed by atoms with Crippen LogP contribution in [0.2, 0.25) is 0 Å². The van der Waals surface area contributed by atoms with Gasteiger partial charge in [-0.2, -0.15) is 9.36 Å². The summed E-state index contributed by atoms with van der Waals surface area (Å²) < 4.78 is 11.9. The van der Waals surface area contributed by atoms with Crippen LogP contribution >= 0.6 is 11.5 Å². The van der Waals surface area contributed by atoms with Crippen molar-refractivity contribution in [1.82, 2.24) is 23.8 Å². The van der Waals surface area contributed by atoms with Crippen LogP contribution in [0.1, 0.15) is 57.1 Å². The van der Waals surface area contributed by atoms with Gasteiger partial charge in [0.25, 0.3) is 0 Å². The molecule has 2 N–H and O–H groups in total. The van der Waals surface area contributed by atoms with Gasteiger partial charge >= 0.3 is 0 Å². The van der Waals surface area contributed by atoms with Gasteiger partial charge in [0.1, 0.15) is 10.5 Å². The summed E-state index contributed by atoms with van der Waals surface area (Å²) in [6.07, 6.45) is 12.1. The smallest absolute Gasteiger partial charge is 0.230 e. The van der Waals surface area contributed by atoms with Gasteiger partial charge in [-0.15, -0.1) is 0 Å². The first-order valence-electron chi connectivity index (χ1n) is 12.8. The largest absolute Gasteiger partial charge is 0.385 e. The summed E-state index contributed by atoms with van der Waals surface area (Å²) in [5.41, 5.74) is 3.04. The lowest BCUT2D eigenvalue weighted by Crippen LogP contribution is -2.43. The van der Waals surface area contributed by atoms with E-state index < -0.39 is 0 Å². The Bertz CT molecular complexity index is 1070. The molecule has 2 fully saturated rings. The van der Waals surface area contributed by atoms with Gasteiger partial charge < -0.3 is 24.8 Å². The second-order valence-corrected chi connectivity index (χ2v) is 10.5. The van der Waals surface area contributed by atoms with E-state index >= 15 is 0 Å². The number of nitrogens with one attached hydrogen (secondary N) is 2. The van der Waals surface area contributed by atoms with E-state index in [2.05, 4.69) is 36.7 Å². The van der Waals surface area contributed by atoms with E-state index in [1.807, 2.05) is 13.0 Å². The summed E-state index contributed by atoms with van der Waals surface area (Å²) in [4.78, 5) is 12.5. The molecule has 5 rings (SSSR count).